The Labute approximate surface area is 127 Å². The summed E-state index contributed by atoms with van der Waals surface area (Å²) in [5.74, 6) is 0.566. The number of halogens is 1. The molecule has 1 heterocycles. The van der Waals surface area contributed by atoms with Crippen molar-refractivity contribution in [1.82, 2.24) is 10.2 Å². The lowest BCUT2D eigenvalue weighted by Crippen LogP contribution is -2.44. The van der Waals surface area contributed by atoms with Crippen molar-refractivity contribution in [3.63, 3.8) is 0 Å². The van der Waals surface area contributed by atoms with Crippen molar-refractivity contribution in [3.05, 3.63) is 35.1 Å². The highest BCUT2D eigenvalue weighted by Gasteiger charge is 2.27. The van der Waals surface area contributed by atoms with E-state index in [1.54, 1.807) is 12.1 Å². The van der Waals surface area contributed by atoms with Crippen molar-refractivity contribution < 1.29 is 4.39 Å². The van der Waals surface area contributed by atoms with Crippen molar-refractivity contribution >= 4 is 0 Å². The molecule has 116 valence electrons. The molecular weight excluding hydrogens is 263 g/mol. The van der Waals surface area contributed by atoms with Crippen LogP contribution in [0.15, 0.2) is 18.2 Å². The molecule has 0 amide bonds. The topological polar surface area (TPSA) is 15.3 Å². The average Bonchev–Trinajstić information content (AvgIpc) is 3.08. The summed E-state index contributed by atoms with van der Waals surface area (Å²) < 4.78 is 13.3. The lowest BCUT2D eigenvalue weighted by molar-refractivity contribution is 0.182. The molecule has 1 aliphatic carbocycles. The van der Waals surface area contributed by atoms with Gasteiger partial charge in [0.05, 0.1) is 0 Å². The predicted octanol–water partition coefficient (Wildman–Crippen LogP) is 3.52. The molecular formula is C18H27FN2. The van der Waals surface area contributed by atoms with Gasteiger partial charge in [0.1, 0.15) is 5.82 Å². The quantitative estimate of drug-likeness (QED) is 0.892. The summed E-state index contributed by atoms with van der Waals surface area (Å²) in [7, 11) is 0. The second-order valence-electron chi connectivity index (χ2n) is 6.90. The number of rotatable bonds is 5. The van der Waals surface area contributed by atoms with Crippen molar-refractivity contribution in [1.29, 1.82) is 0 Å². The molecule has 2 nitrogen and oxygen atoms in total. The third kappa shape index (κ3) is 3.29. The smallest absolute Gasteiger partial charge is 0.123 e. The molecule has 3 heteroatoms. The number of nitrogens with one attached hydrogen (secondary N) is 1. The summed E-state index contributed by atoms with van der Waals surface area (Å²) in [4.78, 5) is 2.64. The van der Waals surface area contributed by atoms with E-state index in [9.17, 15) is 4.39 Å². The van der Waals surface area contributed by atoms with Crippen molar-refractivity contribution in [2.24, 2.45) is 5.92 Å². The van der Waals surface area contributed by atoms with Gasteiger partial charge in [-0.2, -0.15) is 0 Å². The molecule has 1 fully saturated rings. The van der Waals surface area contributed by atoms with E-state index in [-0.39, 0.29) is 5.82 Å². The molecule has 0 spiro atoms. The summed E-state index contributed by atoms with van der Waals surface area (Å²) in [6, 6.07) is 6.30. The zero-order valence-corrected chi connectivity index (χ0v) is 13.2. The van der Waals surface area contributed by atoms with Crippen LogP contribution >= 0.6 is 0 Å². The third-order valence-corrected chi connectivity index (χ3v) is 5.14. The average molecular weight is 290 g/mol. The van der Waals surface area contributed by atoms with Crippen LogP contribution in [0.2, 0.25) is 0 Å². The van der Waals surface area contributed by atoms with Gasteiger partial charge < -0.3 is 5.32 Å². The molecule has 2 atom stereocenters. The molecule has 21 heavy (non-hydrogen) atoms. The minimum Gasteiger partial charge on any atom is -0.308 e. The van der Waals surface area contributed by atoms with Gasteiger partial charge in [-0.05, 0) is 68.0 Å². The lowest BCUT2D eigenvalue weighted by atomic mass is 10.0. The Morgan fingerprint density at radius 1 is 1.29 bits per heavy atom. The van der Waals surface area contributed by atoms with E-state index >= 15 is 0 Å². The first-order valence-corrected chi connectivity index (χ1v) is 8.41. The Hall–Kier alpha value is -0.930. The van der Waals surface area contributed by atoms with Gasteiger partial charge in [0.2, 0.25) is 0 Å². The number of nitrogens with zero attached hydrogens (tertiary/aromatic N) is 1. The zero-order valence-electron chi connectivity index (χ0n) is 13.2. The molecule has 0 bridgehead atoms. The van der Waals surface area contributed by atoms with E-state index < -0.39 is 0 Å². The maximum Gasteiger partial charge on any atom is 0.123 e. The van der Waals surface area contributed by atoms with E-state index in [4.69, 9.17) is 0 Å². The van der Waals surface area contributed by atoms with Gasteiger partial charge in [-0.15, -0.1) is 0 Å². The van der Waals surface area contributed by atoms with E-state index in [0.29, 0.717) is 18.0 Å². The fourth-order valence-electron chi connectivity index (χ4n) is 3.92. The van der Waals surface area contributed by atoms with E-state index in [1.807, 2.05) is 6.07 Å². The van der Waals surface area contributed by atoms with Gasteiger partial charge >= 0.3 is 0 Å². The monoisotopic (exact) mass is 290 g/mol. The first-order valence-electron chi connectivity index (χ1n) is 8.41. The highest BCUT2D eigenvalue weighted by atomic mass is 19.1. The normalized spacial score (nSPS) is 23.7. The number of fused-ring (bicyclic) bond motifs is 1. The molecule has 1 aliphatic heterocycles. The molecule has 3 rings (SSSR count). The maximum atomic E-state index is 13.3. The fourth-order valence-corrected chi connectivity index (χ4v) is 3.92. The maximum absolute atomic E-state index is 13.3. The second-order valence-corrected chi connectivity index (χ2v) is 6.90. The number of hydrogen-bond donors (Lipinski definition) is 1. The Morgan fingerprint density at radius 2 is 2.05 bits per heavy atom. The van der Waals surface area contributed by atoms with Crippen LogP contribution in [0.5, 0.6) is 0 Å². The van der Waals surface area contributed by atoms with Crippen molar-refractivity contribution in [2.45, 2.75) is 51.6 Å². The molecule has 0 aromatic heterocycles. The second kappa shape index (κ2) is 6.45. The highest BCUT2D eigenvalue weighted by molar-refractivity contribution is 5.34. The summed E-state index contributed by atoms with van der Waals surface area (Å²) in [6.45, 7) is 8.18. The molecule has 1 aromatic carbocycles. The minimum atomic E-state index is -0.105. The number of aryl methyl sites for hydroxylation is 1. The molecule has 0 saturated carbocycles. The van der Waals surface area contributed by atoms with Gasteiger partial charge in [0.15, 0.2) is 0 Å². The standard InChI is InChI=1S/C18H27FN2/c1-13(2)18(21-9-3-4-10-21)12-20-17-8-5-14-11-15(19)6-7-16(14)17/h6-7,11,13,17-18,20H,3-5,8-10,12H2,1-2H3. The minimum absolute atomic E-state index is 0.105. The van der Waals surface area contributed by atoms with Crippen LogP contribution in [0.25, 0.3) is 0 Å². The molecule has 0 radical (unpaired) electrons. The number of benzene rings is 1. The number of hydrogen-bond acceptors (Lipinski definition) is 2. The van der Waals surface area contributed by atoms with E-state index in [0.717, 1.165) is 19.4 Å². The highest BCUT2D eigenvalue weighted by Crippen LogP contribution is 2.31. The Balaban J connectivity index is 1.62. The van der Waals surface area contributed by atoms with Crippen LogP contribution in [-0.4, -0.2) is 30.6 Å². The fraction of sp³-hybridized carbons (Fsp3) is 0.667. The predicted molar refractivity (Wildman–Crippen MR) is 84.9 cm³/mol. The van der Waals surface area contributed by atoms with Gasteiger partial charge in [-0.1, -0.05) is 19.9 Å². The van der Waals surface area contributed by atoms with Crippen LogP contribution in [0.3, 0.4) is 0 Å². The molecule has 2 aliphatic rings. The SMILES string of the molecule is CC(C)C(CNC1CCc2cc(F)ccc21)N1CCCC1. The van der Waals surface area contributed by atoms with Gasteiger partial charge in [-0.25, -0.2) is 4.39 Å². The lowest BCUT2D eigenvalue weighted by Gasteiger charge is -2.32. The first kappa shape index (κ1) is 15.0. The molecule has 2 unspecified atom stereocenters. The van der Waals surface area contributed by atoms with E-state index in [1.165, 1.54) is 37.1 Å². The van der Waals surface area contributed by atoms with Crippen molar-refractivity contribution in [3.8, 4) is 0 Å². The summed E-state index contributed by atoms with van der Waals surface area (Å²) >= 11 is 0. The Bertz CT molecular complexity index is 480. The van der Waals surface area contributed by atoms with Gasteiger partial charge in [0.25, 0.3) is 0 Å². The van der Waals surface area contributed by atoms with Crippen LogP contribution < -0.4 is 5.32 Å². The third-order valence-electron chi connectivity index (χ3n) is 5.14. The van der Waals surface area contributed by atoms with E-state index in [2.05, 4.69) is 24.1 Å². The van der Waals surface area contributed by atoms with Gasteiger partial charge in [-0.3, -0.25) is 4.90 Å². The molecule has 1 N–H and O–H groups in total. The summed E-state index contributed by atoms with van der Waals surface area (Å²) in [5, 5.41) is 3.75. The summed E-state index contributed by atoms with van der Waals surface area (Å²) in [5.41, 5.74) is 2.50. The van der Waals surface area contributed by atoms with Crippen LogP contribution in [0, 0.1) is 11.7 Å². The Kier molecular flexibility index (Phi) is 4.60. The Morgan fingerprint density at radius 3 is 2.76 bits per heavy atom. The van der Waals surface area contributed by atoms with Crippen LogP contribution in [0.4, 0.5) is 4.39 Å². The molecule has 1 aromatic rings. The van der Waals surface area contributed by atoms with Crippen LogP contribution in [-0.2, 0) is 6.42 Å². The first-order chi connectivity index (χ1) is 10.1. The summed E-state index contributed by atoms with van der Waals surface area (Å²) in [6.07, 6.45) is 4.79. The number of likely N-dealkylation sites (tertiary alicyclic amines) is 1. The van der Waals surface area contributed by atoms with Crippen LogP contribution in [0.1, 0.15) is 50.3 Å². The largest absolute Gasteiger partial charge is 0.308 e. The zero-order chi connectivity index (χ0) is 14.8. The van der Waals surface area contributed by atoms with Crippen molar-refractivity contribution in [2.75, 3.05) is 19.6 Å². The molecule has 1 saturated heterocycles. The van der Waals surface area contributed by atoms with Gasteiger partial charge in [0, 0.05) is 18.6 Å².